The Hall–Kier alpha value is -1.42. The fourth-order valence-corrected chi connectivity index (χ4v) is 2.22. The molecule has 0 aliphatic heterocycles. The molecule has 0 aliphatic rings. The number of nitrogens with zero attached hydrogens (tertiary/aromatic N) is 2. The van der Waals surface area contributed by atoms with Gasteiger partial charge in [-0.25, -0.2) is 4.39 Å². The lowest BCUT2D eigenvalue weighted by atomic mass is 10.2. The Balaban J connectivity index is 2.05. The SMILES string of the molecule is CNCCCCCn1nc(C)c2cc(F)ccc21. The van der Waals surface area contributed by atoms with E-state index in [4.69, 9.17) is 0 Å². The molecular weight excluding hydrogens is 229 g/mol. The lowest BCUT2D eigenvalue weighted by Gasteiger charge is -2.03. The van der Waals surface area contributed by atoms with Gasteiger partial charge < -0.3 is 5.32 Å². The summed E-state index contributed by atoms with van der Waals surface area (Å²) in [7, 11) is 1.97. The third-order valence-electron chi connectivity index (χ3n) is 3.19. The Bertz CT molecular complexity index is 519. The van der Waals surface area contributed by atoms with Gasteiger partial charge in [0, 0.05) is 11.9 Å². The summed E-state index contributed by atoms with van der Waals surface area (Å²) >= 11 is 0. The average molecular weight is 249 g/mol. The molecule has 4 heteroatoms. The lowest BCUT2D eigenvalue weighted by molar-refractivity contribution is 0.547. The summed E-state index contributed by atoms with van der Waals surface area (Å²) in [6.45, 7) is 3.89. The van der Waals surface area contributed by atoms with E-state index in [0.717, 1.165) is 36.1 Å². The largest absolute Gasteiger partial charge is 0.320 e. The van der Waals surface area contributed by atoms with Crippen molar-refractivity contribution in [2.45, 2.75) is 32.7 Å². The van der Waals surface area contributed by atoms with E-state index in [1.54, 1.807) is 6.07 Å². The van der Waals surface area contributed by atoms with Gasteiger partial charge in [-0.05, 0) is 51.6 Å². The predicted molar refractivity (Wildman–Crippen MR) is 72.2 cm³/mol. The van der Waals surface area contributed by atoms with Gasteiger partial charge in [0.25, 0.3) is 0 Å². The Kier molecular flexibility index (Phi) is 4.31. The zero-order valence-corrected chi connectivity index (χ0v) is 11.0. The third kappa shape index (κ3) is 2.88. The van der Waals surface area contributed by atoms with Crippen LogP contribution < -0.4 is 5.32 Å². The molecule has 3 nitrogen and oxygen atoms in total. The number of halogens is 1. The maximum Gasteiger partial charge on any atom is 0.124 e. The first kappa shape index (κ1) is 13.0. The minimum absolute atomic E-state index is 0.195. The topological polar surface area (TPSA) is 29.9 Å². The van der Waals surface area contributed by atoms with Crippen molar-refractivity contribution in [1.82, 2.24) is 15.1 Å². The van der Waals surface area contributed by atoms with Crippen LogP contribution in [0.4, 0.5) is 4.39 Å². The number of aryl methyl sites for hydroxylation is 2. The quantitative estimate of drug-likeness (QED) is 0.798. The maximum absolute atomic E-state index is 13.2. The highest BCUT2D eigenvalue weighted by Crippen LogP contribution is 2.19. The number of hydrogen-bond donors (Lipinski definition) is 1. The number of benzene rings is 1. The van der Waals surface area contributed by atoms with E-state index in [9.17, 15) is 4.39 Å². The van der Waals surface area contributed by atoms with Crippen LogP contribution >= 0.6 is 0 Å². The van der Waals surface area contributed by atoms with Gasteiger partial charge in [0.15, 0.2) is 0 Å². The number of rotatable bonds is 6. The molecule has 1 aromatic carbocycles. The number of fused-ring (bicyclic) bond motifs is 1. The van der Waals surface area contributed by atoms with Crippen LogP contribution in [-0.4, -0.2) is 23.4 Å². The molecule has 0 radical (unpaired) electrons. The summed E-state index contributed by atoms with van der Waals surface area (Å²) in [4.78, 5) is 0. The summed E-state index contributed by atoms with van der Waals surface area (Å²) in [6, 6.07) is 4.88. The van der Waals surface area contributed by atoms with Crippen molar-refractivity contribution in [2.24, 2.45) is 0 Å². The number of hydrogen-bond acceptors (Lipinski definition) is 2. The van der Waals surface area contributed by atoms with E-state index in [1.807, 2.05) is 24.7 Å². The zero-order chi connectivity index (χ0) is 13.0. The van der Waals surface area contributed by atoms with Crippen LogP contribution in [0.1, 0.15) is 25.0 Å². The van der Waals surface area contributed by atoms with Crippen LogP contribution in [0.5, 0.6) is 0 Å². The summed E-state index contributed by atoms with van der Waals surface area (Å²) in [5, 5.41) is 8.55. The summed E-state index contributed by atoms with van der Waals surface area (Å²) in [6.07, 6.45) is 3.47. The van der Waals surface area contributed by atoms with Gasteiger partial charge >= 0.3 is 0 Å². The molecule has 0 saturated carbocycles. The minimum atomic E-state index is -0.195. The maximum atomic E-state index is 13.2. The molecule has 2 rings (SSSR count). The number of unbranched alkanes of at least 4 members (excludes halogenated alkanes) is 2. The second-order valence-electron chi connectivity index (χ2n) is 4.63. The smallest absolute Gasteiger partial charge is 0.124 e. The zero-order valence-electron chi connectivity index (χ0n) is 11.0. The van der Waals surface area contributed by atoms with Crippen LogP contribution in [0.3, 0.4) is 0 Å². The highest BCUT2D eigenvalue weighted by atomic mass is 19.1. The van der Waals surface area contributed by atoms with Crippen molar-refractivity contribution in [1.29, 1.82) is 0 Å². The molecule has 2 aromatic rings. The van der Waals surface area contributed by atoms with Gasteiger partial charge in [-0.2, -0.15) is 5.10 Å². The van der Waals surface area contributed by atoms with Crippen LogP contribution in [0.2, 0.25) is 0 Å². The molecule has 0 saturated heterocycles. The average Bonchev–Trinajstić information content (AvgIpc) is 2.66. The number of nitrogens with one attached hydrogen (secondary N) is 1. The Morgan fingerprint density at radius 3 is 2.89 bits per heavy atom. The first-order chi connectivity index (χ1) is 8.72. The Labute approximate surface area is 107 Å². The van der Waals surface area contributed by atoms with Crippen LogP contribution in [0.15, 0.2) is 18.2 Å². The molecule has 18 heavy (non-hydrogen) atoms. The fourth-order valence-electron chi connectivity index (χ4n) is 2.22. The molecule has 1 aromatic heterocycles. The van der Waals surface area contributed by atoms with Gasteiger partial charge in [0.1, 0.15) is 5.82 Å². The molecule has 0 fully saturated rings. The Morgan fingerprint density at radius 2 is 2.11 bits per heavy atom. The monoisotopic (exact) mass is 249 g/mol. The normalized spacial score (nSPS) is 11.3. The van der Waals surface area contributed by atoms with Crippen molar-refractivity contribution in [3.05, 3.63) is 29.7 Å². The standard InChI is InChI=1S/C14H20FN3/c1-11-13-10-12(15)6-7-14(13)18(17-11)9-5-3-4-8-16-2/h6-7,10,16H,3-5,8-9H2,1-2H3. The van der Waals surface area contributed by atoms with Crippen molar-refractivity contribution < 1.29 is 4.39 Å². The van der Waals surface area contributed by atoms with E-state index in [2.05, 4.69) is 10.4 Å². The van der Waals surface area contributed by atoms with Crippen molar-refractivity contribution in [3.8, 4) is 0 Å². The lowest BCUT2D eigenvalue weighted by Crippen LogP contribution is -2.08. The second kappa shape index (κ2) is 5.96. The van der Waals surface area contributed by atoms with Crippen LogP contribution in [0, 0.1) is 12.7 Å². The van der Waals surface area contributed by atoms with Crippen LogP contribution in [0.25, 0.3) is 10.9 Å². The second-order valence-corrected chi connectivity index (χ2v) is 4.63. The highest BCUT2D eigenvalue weighted by molar-refractivity contribution is 5.81. The van der Waals surface area contributed by atoms with E-state index in [0.29, 0.717) is 0 Å². The first-order valence-electron chi connectivity index (χ1n) is 6.49. The molecule has 0 bridgehead atoms. The molecule has 98 valence electrons. The van der Waals surface area contributed by atoms with Gasteiger partial charge in [0.05, 0.1) is 11.2 Å². The molecular formula is C14H20FN3. The molecule has 0 spiro atoms. The van der Waals surface area contributed by atoms with Gasteiger partial charge in [0.2, 0.25) is 0 Å². The van der Waals surface area contributed by atoms with E-state index in [1.165, 1.54) is 18.9 Å². The summed E-state index contributed by atoms with van der Waals surface area (Å²) in [5.41, 5.74) is 1.93. The molecule has 1 N–H and O–H groups in total. The van der Waals surface area contributed by atoms with E-state index < -0.39 is 0 Å². The minimum Gasteiger partial charge on any atom is -0.320 e. The van der Waals surface area contributed by atoms with Crippen molar-refractivity contribution in [3.63, 3.8) is 0 Å². The molecule has 0 aliphatic carbocycles. The first-order valence-corrected chi connectivity index (χ1v) is 6.49. The molecule has 0 amide bonds. The molecule has 0 atom stereocenters. The Morgan fingerprint density at radius 1 is 1.28 bits per heavy atom. The van der Waals surface area contributed by atoms with E-state index >= 15 is 0 Å². The van der Waals surface area contributed by atoms with Crippen molar-refractivity contribution >= 4 is 10.9 Å². The number of aromatic nitrogens is 2. The van der Waals surface area contributed by atoms with Crippen molar-refractivity contribution in [2.75, 3.05) is 13.6 Å². The van der Waals surface area contributed by atoms with E-state index in [-0.39, 0.29) is 5.82 Å². The summed E-state index contributed by atoms with van der Waals surface area (Å²) < 4.78 is 15.2. The fraction of sp³-hybridized carbons (Fsp3) is 0.500. The molecule has 1 heterocycles. The van der Waals surface area contributed by atoms with Gasteiger partial charge in [-0.1, -0.05) is 6.42 Å². The van der Waals surface area contributed by atoms with Gasteiger partial charge in [-0.15, -0.1) is 0 Å². The van der Waals surface area contributed by atoms with Crippen LogP contribution in [-0.2, 0) is 6.54 Å². The highest BCUT2D eigenvalue weighted by Gasteiger charge is 2.07. The predicted octanol–water partition coefficient (Wildman–Crippen LogP) is 2.87. The van der Waals surface area contributed by atoms with Gasteiger partial charge in [-0.3, -0.25) is 4.68 Å². The third-order valence-corrected chi connectivity index (χ3v) is 3.19. The molecule has 0 unspecified atom stereocenters. The summed E-state index contributed by atoms with van der Waals surface area (Å²) in [5.74, 6) is -0.195.